The number of hydrogen-bond acceptors (Lipinski definition) is 7. The molecule has 0 aromatic heterocycles. The molecule has 1 saturated heterocycles. The van der Waals surface area contributed by atoms with Crippen LogP contribution in [0.15, 0.2) is 65.7 Å². The number of hydrogen-bond donors (Lipinski definition) is 1. The number of benzene rings is 2. The van der Waals surface area contributed by atoms with Crippen molar-refractivity contribution in [2.75, 3.05) is 26.4 Å². The highest BCUT2D eigenvalue weighted by Gasteiger charge is 2.47. The summed E-state index contributed by atoms with van der Waals surface area (Å²) in [4.78, 5) is 26.1. The first-order valence-electron chi connectivity index (χ1n) is 10.7. The largest absolute Gasteiger partial charge is 0.494 e. The highest BCUT2D eigenvalue weighted by Crippen LogP contribution is 2.38. The summed E-state index contributed by atoms with van der Waals surface area (Å²) in [5, 5.41) is 0. The molecule has 2 aromatic carbocycles. The number of imide groups is 1. The number of nitrogens with zero attached hydrogens (tertiary/aromatic N) is 1. The van der Waals surface area contributed by atoms with Crippen LogP contribution in [0, 0.1) is 0 Å². The second-order valence-electron chi connectivity index (χ2n) is 8.12. The Morgan fingerprint density at radius 1 is 1.03 bits per heavy atom. The molecule has 0 radical (unpaired) electrons. The number of carbonyl (C=O) groups excluding carboxylic acids is 2. The number of fused-ring (bicyclic) bond motifs is 1. The van der Waals surface area contributed by atoms with Gasteiger partial charge in [-0.2, -0.15) is 0 Å². The van der Waals surface area contributed by atoms with E-state index >= 15 is 0 Å². The molecule has 0 bridgehead atoms. The van der Waals surface area contributed by atoms with Gasteiger partial charge in [-0.05, 0) is 55.7 Å². The van der Waals surface area contributed by atoms with Gasteiger partial charge in [-0.1, -0.05) is 18.7 Å². The number of sulfone groups is 1. The van der Waals surface area contributed by atoms with Crippen molar-refractivity contribution in [3.05, 3.63) is 71.9 Å². The summed E-state index contributed by atoms with van der Waals surface area (Å²) in [7, 11) is -3.76. The first kappa shape index (κ1) is 23.0. The maximum atomic E-state index is 13.3. The predicted molar refractivity (Wildman–Crippen MR) is 122 cm³/mol. The normalized spacial score (nSPS) is 17.6. The van der Waals surface area contributed by atoms with Crippen molar-refractivity contribution in [1.29, 1.82) is 0 Å². The third-order valence-electron chi connectivity index (χ3n) is 6.21. The van der Waals surface area contributed by atoms with Gasteiger partial charge in [-0.25, -0.2) is 8.42 Å². The lowest BCUT2D eigenvalue weighted by Crippen LogP contribution is -2.47. The molecule has 2 amide bonds. The molecular weight excluding hydrogens is 444 g/mol. The van der Waals surface area contributed by atoms with Crippen LogP contribution in [0.25, 0.3) is 0 Å². The molecule has 0 aliphatic carbocycles. The molecular formula is C24H26N2O6S. The minimum absolute atomic E-state index is 0.124. The number of rotatable bonds is 8. The Morgan fingerprint density at radius 2 is 1.61 bits per heavy atom. The molecule has 2 aliphatic heterocycles. The van der Waals surface area contributed by atoms with Crippen molar-refractivity contribution in [3.8, 4) is 5.75 Å². The maximum Gasteiger partial charge on any atom is 0.261 e. The van der Waals surface area contributed by atoms with E-state index in [-0.39, 0.29) is 48.4 Å². The van der Waals surface area contributed by atoms with Gasteiger partial charge >= 0.3 is 0 Å². The lowest BCUT2D eigenvalue weighted by Gasteiger charge is -2.36. The SMILES string of the molecule is C=C(N)C1(S(=O)(=O)c2ccc(OCCCN3C(=O)c4ccccc4C3=O)cc2)CCOCC1. The van der Waals surface area contributed by atoms with Crippen LogP contribution in [0.1, 0.15) is 40.0 Å². The van der Waals surface area contributed by atoms with E-state index in [2.05, 4.69) is 6.58 Å². The fourth-order valence-corrected chi connectivity index (χ4v) is 6.25. The topological polar surface area (TPSA) is 116 Å². The fourth-order valence-electron chi connectivity index (χ4n) is 4.26. The number of amides is 2. The van der Waals surface area contributed by atoms with Gasteiger partial charge in [0.2, 0.25) is 0 Å². The van der Waals surface area contributed by atoms with Gasteiger partial charge < -0.3 is 15.2 Å². The Bertz CT molecular complexity index is 1150. The number of carbonyl (C=O) groups is 2. The van der Waals surface area contributed by atoms with Gasteiger partial charge in [0, 0.05) is 25.5 Å². The molecule has 33 heavy (non-hydrogen) atoms. The van der Waals surface area contributed by atoms with Crippen LogP contribution in [0.4, 0.5) is 0 Å². The fraction of sp³-hybridized carbons (Fsp3) is 0.333. The molecule has 1 fully saturated rings. The van der Waals surface area contributed by atoms with Crippen LogP contribution in [-0.2, 0) is 14.6 Å². The average molecular weight is 471 g/mol. The van der Waals surface area contributed by atoms with Crippen LogP contribution in [0.3, 0.4) is 0 Å². The number of nitrogens with two attached hydrogens (primary N) is 1. The van der Waals surface area contributed by atoms with E-state index in [1.165, 1.54) is 17.0 Å². The van der Waals surface area contributed by atoms with Gasteiger partial charge in [0.05, 0.1) is 22.6 Å². The van der Waals surface area contributed by atoms with Crippen LogP contribution in [0.2, 0.25) is 0 Å². The molecule has 9 heteroatoms. The summed E-state index contributed by atoms with van der Waals surface area (Å²) in [6, 6.07) is 12.9. The highest BCUT2D eigenvalue weighted by atomic mass is 32.2. The second-order valence-corrected chi connectivity index (χ2v) is 10.4. The zero-order valence-electron chi connectivity index (χ0n) is 18.2. The average Bonchev–Trinajstić information content (AvgIpc) is 3.07. The lowest BCUT2D eigenvalue weighted by molar-refractivity contribution is 0.0646. The zero-order chi connectivity index (χ0) is 23.6. The van der Waals surface area contributed by atoms with Gasteiger partial charge in [-0.15, -0.1) is 0 Å². The maximum absolute atomic E-state index is 13.3. The first-order valence-corrected chi connectivity index (χ1v) is 12.2. The first-order chi connectivity index (χ1) is 15.8. The van der Waals surface area contributed by atoms with Gasteiger partial charge in [-0.3, -0.25) is 14.5 Å². The quantitative estimate of drug-likeness (QED) is 0.466. The van der Waals surface area contributed by atoms with Crippen LogP contribution in [0.5, 0.6) is 5.75 Å². The van der Waals surface area contributed by atoms with Gasteiger partial charge in [0.15, 0.2) is 9.84 Å². The second kappa shape index (κ2) is 8.99. The summed E-state index contributed by atoms with van der Waals surface area (Å²) in [5.41, 5.74) is 6.89. The smallest absolute Gasteiger partial charge is 0.261 e. The Balaban J connectivity index is 1.35. The molecule has 0 spiro atoms. The van der Waals surface area contributed by atoms with Crippen LogP contribution >= 0.6 is 0 Å². The van der Waals surface area contributed by atoms with Crippen molar-refractivity contribution in [2.45, 2.75) is 28.9 Å². The molecule has 2 aliphatic rings. The van der Waals surface area contributed by atoms with E-state index < -0.39 is 14.6 Å². The standard InChI is InChI=1S/C24H26N2O6S/c1-17(25)24(11-15-31-16-12-24)33(29,30)19-9-7-18(8-10-19)32-14-4-13-26-22(27)20-5-2-3-6-21(20)23(26)28/h2-3,5-10H,1,4,11-16,25H2. The molecule has 8 nitrogen and oxygen atoms in total. The molecule has 0 saturated carbocycles. The highest BCUT2D eigenvalue weighted by molar-refractivity contribution is 7.93. The van der Waals surface area contributed by atoms with E-state index in [1.54, 1.807) is 36.4 Å². The molecule has 2 aromatic rings. The van der Waals surface area contributed by atoms with E-state index in [9.17, 15) is 18.0 Å². The Labute approximate surface area is 192 Å². The summed E-state index contributed by atoms with van der Waals surface area (Å²) in [6.07, 6.45) is 0.975. The molecule has 0 unspecified atom stereocenters. The van der Waals surface area contributed by atoms with Crippen molar-refractivity contribution in [1.82, 2.24) is 4.90 Å². The van der Waals surface area contributed by atoms with Crippen molar-refractivity contribution in [2.24, 2.45) is 5.73 Å². The summed E-state index contributed by atoms with van der Waals surface area (Å²) >= 11 is 0. The van der Waals surface area contributed by atoms with Gasteiger partial charge in [0.25, 0.3) is 11.8 Å². The van der Waals surface area contributed by atoms with Gasteiger partial charge in [0.1, 0.15) is 10.5 Å². The molecule has 174 valence electrons. The van der Waals surface area contributed by atoms with Crippen LogP contribution in [-0.4, -0.2) is 56.2 Å². The minimum Gasteiger partial charge on any atom is -0.494 e. The monoisotopic (exact) mass is 470 g/mol. The summed E-state index contributed by atoms with van der Waals surface area (Å²) < 4.78 is 36.4. The third kappa shape index (κ3) is 4.02. The van der Waals surface area contributed by atoms with Crippen molar-refractivity contribution < 1.29 is 27.5 Å². The predicted octanol–water partition coefficient (Wildman–Crippen LogP) is 2.55. The van der Waals surface area contributed by atoms with E-state index in [0.29, 0.717) is 36.5 Å². The van der Waals surface area contributed by atoms with E-state index in [0.717, 1.165) is 0 Å². The summed E-state index contributed by atoms with van der Waals surface area (Å²) in [6.45, 7) is 4.85. The Morgan fingerprint density at radius 3 is 2.15 bits per heavy atom. The lowest BCUT2D eigenvalue weighted by atomic mass is 9.96. The van der Waals surface area contributed by atoms with Crippen molar-refractivity contribution in [3.63, 3.8) is 0 Å². The molecule has 2 heterocycles. The molecule has 2 N–H and O–H groups in total. The zero-order valence-corrected chi connectivity index (χ0v) is 19.0. The van der Waals surface area contributed by atoms with E-state index in [1.807, 2.05) is 0 Å². The molecule has 0 atom stereocenters. The van der Waals surface area contributed by atoms with Crippen LogP contribution < -0.4 is 10.5 Å². The minimum atomic E-state index is -3.76. The Hall–Kier alpha value is -3.17. The summed E-state index contributed by atoms with van der Waals surface area (Å²) in [5.74, 6) is -0.105. The van der Waals surface area contributed by atoms with Crippen molar-refractivity contribution >= 4 is 21.7 Å². The van der Waals surface area contributed by atoms with E-state index in [4.69, 9.17) is 15.2 Å². The molecule has 4 rings (SSSR count). The third-order valence-corrected chi connectivity index (χ3v) is 8.80. The Kier molecular flexibility index (Phi) is 6.27. The number of ether oxygens (including phenoxy) is 2.